The molecule has 0 bridgehead atoms. The topological polar surface area (TPSA) is 67.3 Å². The van der Waals surface area contributed by atoms with Crippen molar-refractivity contribution in [3.63, 3.8) is 0 Å². The van der Waals surface area contributed by atoms with Crippen molar-refractivity contribution in [3.8, 4) is 0 Å². The van der Waals surface area contributed by atoms with Crippen molar-refractivity contribution in [1.29, 1.82) is 0 Å². The maximum absolute atomic E-state index is 12.2. The predicted octanol–water partition coefficient (Wildman–Crippen LogP) is 1.87. The number of hydrogen-bond acceptors (Lipinski definition) is 4. The average Bonchev–Trinajstić information content (AvgIpc) is 2.73. The highest BCUT2D eigenvalue weighted by Crippen LogP contribution is 2.22. The van der Waals surface area contributed by atoms with Crippen molar-refractivity contribution in [2.75, 3.05) is 6.54 Å². The Labute approximate surface area is 121 Å². The SMILES string of the molecule is Cc1ccc(C(=O)CN2C(=O)c3ccccc3C2=O)cn1. The summed E-state index contributed by atoms with van der Waals surface area (Å²) in [7, 11) is 0. The van der Waals surface area contributed by atoms with Crippen LogP contribution in [0.25, 0.3) is 0 Å². The lowest BCUT2D eigenvalue weighted by atomic mass is 10.1. The molecule has 104 valence electrons. The molecule has 2 amide bonds. The van der Waals surface area contributed by atoms with Crippen LogP contribution < -0.4 is 0 Å². The summed E-state index contributed by atoms with van der Waals surface area (Å²) in [5, 5.41) is 0. The minimum Gasteiger partial charge on any atom is -0.292 e. The van der Waals surface area contributed by atoms with E-state index < -0.39 is 11.8 Å². The van der Waals surface area contributed by atoms with Crippen LogP contribution in [0.4, 0.5) is 0 Å². The number of aryl methyl sites for hydroxylation is 1. The molecule has 2 heterocycles. The zero-order chi connectivity index (χ0) is 15.0. The van der Waals surface area contributed by atoms with Gasteiger partial charge in [0.05, 0.1) is 17.7 Å². The fraction of sp³-hybridized carbons (Fsp3) is 0.125. The molecule has 5 heteroatoms. The first-order valence-electron chi connectivity index (χ1n) is 6.49. The van der Waals surface area contributed by atoms with Gasteiger partial charge in [0, 0.05) is 17.5 Å². The first kappa shape index (κ1) is 13.2. The molecular formula is C16H12N2O3. The Morgan fingerprint density at radius 2 is 1.67 bits per heavy atom. The number of nitrogens with zero attached hydrogens (tertiary/aromatic N) is 2. The van der Waals surface area contributed by atoms with Gasteiger partial charge in [-0.3, -0.25) is 24.3 Å². The quantitative estimate of drug-likeness (QED) is 0.636. The van der Waals surface area contributed by atoms with Crippen LogP contribution in [0.5, 0.6) is 0 Å². The smallest absolute Gasteiger partial charge is 0.261 e. The van der Waals surface area contributed by atoms with E-state index in [0.717, 1.165) is 10.6 Å². The number of carbonyl (C=O) groups is 3. The van der Waals surface area contributed by atoms with Crippen LogP contribution in [0.15, 0.2) is 42.6 Å². The van der Waals surface area contributed by atoms with Gasteiger partial charge in [0.2, 0.25) is 0 Å². The minimum absolute atomic E-state index is 0.267. The highest BCUT2D eigenvalue weighted by Gasteiger charge is 2.36. The monoisotopic (exact) mass is 280 g/mol. The van der Waals surface area contributed by atoms with Crippen LogP contribution in [0.1, 0.15) is 36.8 Å². The summed E-state index contributed by atoms with van der Waals surface area (Å²) in [4.78, 5) is 41.5. The molecule has 2 aromatic rings. The van der Waals surface area contributed by atoms with E-state index in [2.05, 4.69) is 4.98 Å². The third kappa shape index (κ3) is 2.23. The molecule has 0 unspecified atom stereocenters. The number of benzene rings is 1. The van der Waals surface area contributed by atoms with Gasteiger partial charge in [0.1, 0.15) is 0 Å². The molecule has 0 fully saturated rings. The molecule has 1 aliphatic heterocycles. The van der Waals surface area contributed by atoms with E-state index in [4.69, 9.17) is 0 Å². The molecule has 0 radical (unpaired) electrons. The second kappa shape index (κ2) is 4.94. The van der Waals surface area contributed by atoms with E-state index in [1.165, 1.54) is 6.20 Å². The predicted molar refractivity (Wildman–Crippen MR) is 75.1 cm³/mol. The first-order valence-corrected chi connectivity index (χ1v) is 6.49. The molecular weight excluding hydrogens is 268 g/mol. The number of imide groups is 1. The normalized spacial score (nSPS) is 13.5. The fourth-order valence-electron chi connectivity index (χ4n) is 2.25. The van der Waals surface area contributed by atoms with Crippen molar-refractivity contribution >= 4 is 17.6 Å². The summed E-state index contributed by atoms with van der Waals surface area (Å²) in [5.74, 6) is -1.16. The number of Topliss-reactive ketones (excluding diaryl/α,β-unsaturated/α-hetero) is 1. The number of aromatic nitrogens is 1. The van der Waals surface area contributed by atoms with Crippen LogP contribution in [0, 0.1) is 6.92 Å². The number of carbonyl (C=O) groups excluding carboxylic acids is 3. The number of ketones is 1. The number of pyridine rings is 1. The number of amides is 2. The van der Waals surface area contributed by atoms with Gasteiger partial charge < -0.3 is 0 Å². The number of fused-ring (bicyclic) bond motifs is 1. The molecule has 0 saturated heterocycles. The Bertz CT molecular complexity index is 715. The average molecular weight is 280 g/mol. The zero-order valence-electron chi connectivity index (χ0n) is 11.4. The molecule has 0 atom stereocenters. The van der Waals surface area contributed by atoms with Crippen molar-refractivity contribution in [1.82, 2.24) is 9.88 Å². The van der Waals surface area contributed by atoms with Gasteiger partial charge >= 0.3 is 0 Å². The Morgan fingerprint density at radius 1 is 1.05 bits per heavy atom. The van der Waals surface area contributed by atoms with Crippen LogP contribution in [0.3, 0.4) is 0 Å². The molecule has 0 aliphatic carbocycles. The van der Waals surface area contributed by atoms with Gasteiger partial charge in [-0.25, -0.2) is 0 Å². The van der Waals surface area contributed by atoms with Gasteiger partial charge in [-0.05, 0) is 31.2 Å². The van der Waals surface area contributed by atoms with Crippen molar-refractivity contribution in [3.05, 3.63) is 65.0 Å². The summed E-state index contributed by atoms with van der Waals surface area (Å²) < 4.78 is 0. The highest BCUT2D eigenvalue weighted by atomic mass is 16.2. The number of rotatable bonds is 3. The van der Waals surface area contributed by atoms with Crippen LogP contribution in [0.2, 0.25) is 0 Å². The summed E-state index contributed by atoms with van der Waals surface area (Å²) in [5.41, 5.74) is 1.87. The lowest BCUT2D eigenvalue weighted by Gasteiger charge is -2.12. The maximum Gasteiger partial charge on any atom is 0.261 e. The molecule has 5 nitrogen and oxygen atoms in total. The van der Waals surface area contributed by atoms with Gasteiger partial charge in [-0.2, -0.15) is 0 Å². The minimum atomic E-state index is -0.427. The zero-order valence-corrected chi connectivity index (χ0v) is 11.4. The Balaban J connectivity index is 1.84. The molecule has 3 rings (SSSR count). The van der Waals surface area contributed by atoms with Crippen molar-refractivity contribution < 1.29 is 14.4 Å². The van der Waals surface area contributed by atoms with Crippen LogP contribution >= 0.6 is 0 Å². The van der Waals surface area contributed by atoms with Crippen LogP contribution in [-0.2, 0) is 0 Å². The van der Waals surface area contributed by atoms with Gasteiger partial charge in [-0.1, -0.05) is 12.1 Å². The van der Waals surface area contributed by atoms with Crippen molar-refractivity contribution in [2.45, 2.75) is 6.92 Å². The van der Waals surface area contributed by atoms with E-state index in [9.17, 15) is 14.4 Å². The third-order valence-electron chi connectivity index (χ3n) is 3.41. The lowest BCUT2D eigenvalue weighted by molar-refractivity contribution is 0.0624. The van der Waals surface area contributed by atoms with E-state index >= 15 is 0 Å². The lowest BCUT2D eigenvalue weighted by Crippen LogP contribution is -2.34. The van der Waals surface area contributed by atoms with Gasteiger partial charge in [-0.15, -0.1) is 0 Å². The summed E-state index contributed by atoms with van der Waals surface area (Å²) >= 11 is 0. The summed E-state index contributed by atoms with van der Waals surface area (Å²) in [6, 6.07) is 9.93. The molecule has 21 heavy (non-hydrogen) atoms. The van der Waals surface area contributed by atoms with Gasteiger partial charge in [0.15, 0.2) is 5.78 Å². The molecule has 1 aliphatic rings. The Morgan fingerprint density at radius 3 is 2.19 bits per heavy atom. The van der Waals surface area contributed by atoms with E-state index in [1.807, 2.05) is 6.92 Å². The molecule has 1 aromatic heterocycles. The first-order chi connectivity index (χ1) is 10.1. The third-order valence-corrected chi connectivity index (χ3v) is 3.41. The van der Waals surface area contributed by atoms with E-state index in [-0.39, 0.29) is 12.3 Å². The van der Waals surface area contributed by atoms with E-state index in [1.54, 1.807) is 36.4 Å². The standard InChI is InChI=1S/C16H12N2O3/c1-10-6-7-11(8-17-10)14(19)9-18-15(20)12-4-2-3-5-13(12)16(18)21/h2-8H,9H2,1H3. The van der Waals surface area contributed by atoms with E-state index in [0.29, 0.717) is 16.7 Å². The molecule has 0 N–H and O–H groups in total. The molecule has 0 saturated carbocycles. The summed E-state index contributed by atoms with van der Waals surface area (Å²) in [6.07, 6.45) is 1.45. The van der Waals surface area contributed by atoms with Crippen molar-refractivity contribution in [2.24, 2.45) is 0 Å². The highest BCUT2D eigenvalue weighted by molar-refractivity contribution is 6.23. The van der Waals surface area contributed by atoms with Gasteiger partial charge in [0.25, 0.3) is 11.8 Å². The Kier molecular flexibility index (Phi) is 3.10. The maximum atomic E-state index is 12.2. The second-order valence-electron chi connectivity index (χ2n) is 4.85. The molecule has 0 spiro atoms. The second-order valence-corrected chi connectivity index (χ2v) is 4.85. The number of hydrogen-bond donors (Lipinski definition) is 0. The molecule has 1 aromatic carbocycles. The summed E-state index contributed by atoms with van der Waals surface area (Å²) in [6.45, 7) is 1.55. The fourth-order valence-corrected chi connectivity index (χ4v) is 2.25. The largest absolute Gasteiger partial charge is 0.292 e. The Hall–Kier alpha value is -2.82. The van der Waals surface area contributed by atoms with Crippen LogP contribution in [-0.4, -0.2) is 34.0 Å².